The normalized spacial score (nSPS) is 13.9. The first kappa shape index (κ1) is 21.2. The largest absolute Gasteiger partial charge is 0.495 e. The lowest BCUT2D eigenvalue weighted by molar-refractivity contribution is 0.0737. The van der Waals surface area contributed by atoms with E-state index in [9.17, 15) is 4.79 Å². The van der Waals surface area contributed by atoms with Crippen molar-refractivity contribution in [2.24, 2.45) is 0 Å². The van der Waals surface area contributed by atoms with Crippen molar-refractivity contribution in [3.63, 3.8) is 0 Å². The van der Waals surface area contributed by atoms with Gasteiger partial charge in [-0.3, -0.25) is 4.79 Å². The second-order valence-electron chi connectivity index (χ2n) is 7.71. The first-order chi connectivity index (χ1) is 16.2. The van der Waals surface area contributed by atoms with Crippen molar-refractivity contribution in [2.75, 3.05) is 38.2 Å². The molecule has 0 bridgehead atoms. The second-order valence-corrected chi connectivity index (χ2v) is 8.11. The molecule has 0 saturated carbocycles. The molecule has 0 unspecified atom stereocenters. The van der Waals surface area contributed by atoms with E-state index in [-0.39, 0.29) is 5.91 Å². The maximum atomic E-state index is 13.6. The standard InChI is InChI=1S/C25H23ClN4O3/c1-32-24-10-5-4-9-21(24)28-12-14-29(15-13-28)25(31)22-17-19(23-11-6-16-33-23)27-30(22)20-8-3-2-7-18(20)26/h2-11,16-17H,12-15H2,1H3. The van der Waals surface area contributed by atoms with Crippen molar-refractivity contribution in [1.29, 1.82) is 0 Å². The highest BCUT2D eigenvalue weighted by Crippen LogP contribution is 2.30. The van der Waals surface area contributed by atoms with Gasteiger partial charge in [0.05, 0.1) is 29.8 Å². The Hall–Kier alpha value is -3.71. The topological polar surface area (TPSA) is 63.7 Å². The minimum absolute atomic E-state index is 0.0973. The minimum atomic E-state index is -0.0973. The quantitative estimate of drug-likeness (QED) is 0.428. The van der Waals surface area contributed by atoms with Crippen LogP contribution in [0.1, 0.15) is 10.5 Å². The fraction of sp³-hybridized carbons (Fsp3) is 0.200. The highest BCUT2D eigenvalue weighted by atomic mass is 35.5. The van der Waals surface area contributed by atoms with Crippen LogP contribution in [0.3, 0.4) is 0 Å². The van der Waals surface area contributed by atoms with Crippen molar-refractivity contribution in [3.05, 3.63) is 83.7 Å². The van der Waals surface area contributed by atoms with E-state index in [0.29, 0.717) is 54.0 Å². The number of aromatic nitrogens is 2. The van der Waals surface area contributed by atoms with Gasteiger partial charge >= 0.3 is 0 Å². The second kappa shape index (κ2) is 9.03. The monoisotopic (exact) mass is 462 g/mol. The number of hydrogen-bond acceptors (Lipinski definition) is 5. The number of hydrogen-bond donors (Lipinski definition) is 0. The zero-order valence-corrected chi connectivity index (χ0v) is 18.9. The van der Waals surface area contributed by atoms with E-state index in [1.807, 2.05) is 53.4 Å². The third-order valence-electron chi connectivity index (χ3n) is 5.78. The number of methoxy groups -OCH3 is 1. The lowest BCUT2D eigenvalue weighted by Crippen LogP contribution is -2.49. The Morgan fingerprint density at radius 3 is 2.39 bits per heavy atom. The molecule has 0 aliphatic carbocycles. The van der Waals surface area contributed by atoms with E-state index in [2.05, 4.69) is 10.00 Å². The number of anilines is 1. The summed E-state index contributed by atoms with van der Waals surface area (Å²) in [4.78, 5) is 17.7. The summed E-state index contributed by atoms with van der Waals surface area (Å²) in [6, 6.07) is 20.7. The van der Waals surface area contributed by atoms with Crippen LogP contribution in [0.4, 0.5) is 5.69 Å². The number of halogens is 1. The van der Waals surface area contributed by atoms with E-state index in [4.69, 9.17) is 20.8 Å². The Morgan fingerprint density at radius 1 is 0.970 bits per heavy atom. The predicted molar refractivity (Wildman–Crippen MR) is 127 cm³/mol. The molecule has 8 heteroatoms. The maximum absolute atomic E-state index is 13.6. The van der Waals surface area contributed by atoms with Gasteiger partial charge in [-0.2, -0.15) is 5.10 Å². The number of ether oxygens (including phenoxy) is 1. The number of nitrogens with zero attached hydrogens (tertiary/aromatic N) is 4. The molecule has 3 heterocycles. The van der Waals surface area contributed by atoms with E-state index in [1.54, 1.807) is 36.3 Å². The SMILES string of the molecule is COc1ccccc1N1CCN(C(=O)c2cc(-c3ccco3)nn2-c2ccccc2Cl)CC1. The summed E-state index contributed by atoms with van der Waals surface area (Å²) >= 11 is 6.44. The molecule has 1 fully saturated rings. The Bertz CT molecular complexity index is 1260. The van der Waals surface area contributed by atoms with Gasteiger partial charge in [0.15, 0.2) is 5.76 Å². The van der Waals surface area contributed by atoms with Crippen molar-refractivity contribution in [2.45, 2.75) is 0 Å². The molecule has 1 saturated heterocycles. The van der Waals surface area contributed by atoms with Gasteiger partial charge in [-0.15, -0.1) is 0 Å². The Balaban J connectivity index is 1.42. The number of piperazine rings is 1. The molecular weight excluding hydrogens is 440 g/mol. The molecule has 168 valence electrons. The highest BCUT2D eigenvalue weighted by molar-refractivity contribution is 6.32. The molecule has 1 amide bonds. The third-order valence-corrected chi connectivity index (χ3v) is 6.10. The number of para-hydroxylation sites is 3. The predicted octanol–water partition coefficient (Wildman–Crippen LogP) is 4.76. The molecule has 0 atom stereocenters. The van der Waals surface area contributed by atoms with Gasteiger partial charge in [0.25, 0.3) is 5.91 Å². The van der Waals surface area contributed by atoms with Gasteiger partial charge in [-0.25, -0.2) is 4.68 Å². The van der Waals surface area contributed by atoms with Crippen LogP contribution in [0.25, 0.3) is 17.1 Å². The van der Waals surface area contributed by atoms with Gasteiger partial charge in [0.2, 0.25) is 0 Å². The summed E-state index contributed by atoms with van der Waals surface area (Å²) in [6.07, 6.45) is 1.59. The van der Waals surface area contributed by atoms with E-state index in [1.165, 1.54) is 0 Å². The Morgan fingerprint density at radius 2 is 1.70 bits per heavy atom. The van der Waals surface area contributed by atoms with Crippen LogP contribution in [0, 0.1) is 0 Å². The number of carbonyl (C=O) groups is 1. The van der Waals surface area contributed by atoms with Gasteiger partial charge < -0.3 is 19.0 Å². The summed E-state index contributed by atoms with van der Waals surface area (Å²) < 4.78 is 12.6. The van der Waals surface area contributed by atoms with Crippen molar-refractivity contribution < 1.29 is 13.9 Å². The van der Waals surface area contributed by atoms with Crippen LogP contribution < -0.4 is 9.64 Å². The maximum Gasteiger partial charge on any atom is 0.272 e. The van der Waals surface area contributed by atoms with E-state index >= 15 is 0 Å². The van der Waals surface area contributed by atoms with Crippen molar-refractivity contribution in [3.8, 4) is 22.9 Å². The number of benzene rings is 2. The van der Waals surface area contributed by atoms with Crippen molar-refractivity contribution >= 4 is 23.2 Å². The first-order valence-corrected chi connectivity index (χ1v) is 11.1. The molecule has 5 rings (SSSR count). The van der Waals surface area contributed by atoms with Crippen LogP contribution in [-0.2, 0) is 0 Å². The third kappa shape index (κ3) is 4.07. The zero-order chi connectivity index (χ0) is 22.8. The van der Waals surface area contributed by atoms with E-state index < -0.39 is 0 Å². The van der Waals surface area contributed by atoms with Crippen LogP contribution >= 0.6 is 11.6 Å². The number of amides is 1. The summed E-state index contributed by atoms with van der Waals surface area (Å²) in [6.45, 7) is 2.58. The van der Waals surface area contributed by atoms with Crippen LogP contribution in [-0.4, -0.2) is 53.9 Å². The zero-order valence-electron chi connectivity index (χ0n) is 18.1. The Kier molecular flexibility index (Phi) is 5.79. The molecule has 0 spiro atoms. The number of rotatable bonds is 5. The minimum Gasteiger partial charge on any atom is -0.495 e. The molecule has 4 aromatic rings. The van der Waals surface area contributed by atoms with Gasteiger partial charge in [0.1, 0.15) is 17.1 Å². The molecule has 33 heavy (non-hydrogen) atoms. The average Bonchev–Trinajstić information content (AvgIpc) is 3.54. The lowest BCUT2D eigenvalue weighted by Gasteiger charge is -2.36. The van der Waals surface area contributed by atoms with Crippen LogP contribution in [0.5, 0.6) is 5.75 Å². The molecule has 1 aliphatic rings. The number of furan rings is 1. The van der Waals surface area contributed by atoms with E-state index in [0.717, 1.165) is 11.4 Å². The summed E-state index contributed by atoms with van der Waals surface area (Å²) in [5.74, 6) is 1.33. The molecule has 7 nitrogen and oxygen atoms in total. The molecule has 0 radical (unpaired) electrons. The fourth-order valence-corrected chi connectivity index (χ4v) is 4.30. The molecule has 2 aromatic heterocycles. The summed E-state index contributed by atoms with van der Waals surface area (Å²) in [7, 11) is 1.67. The summed E-state index contributed by atoms with van der Waals surface area (Å²) in [5.41, 5.74) is 2.71. The number of carbonyl (C=O) groups excluding carboxylic acids is 1. The molecular formula is C25H23ClN4O3. The first-order valence-electron chi connectivity index (χ1n) is 10.7. The molecule has 1 aliphatic heterocycles. The average molecular weight is 463 g/mol. The van der Waals surface area contributed by atoms with Crippen molar-refractivity contribution in [1.82, 2.24) is 14.7 Å². The van der Waals surface area contributed by atoms with Gasteiger partial charge in [0, 0.05) is 32.2 Å². The highest BCUT2D eigenvalue weighted by Gasteiger charge is 2.28. The van der Waals surface area contributed by atoms with Crippen LogP contribution in [0.15, 0.2) is 77.4 Å². The van der Waals surface area contributed by atoms with Crippen LogP contribution in [0.2, 0.25) is 5.02 Å². The lowest BCUT2D eigenvalue weighted by atomic mass is 10.2. The van der Waals surface area contributed by atoms with Gasteiger partial charge in [-0.1, -0.05) is 35.9 Å². The molecule has 0 N–H and O–H groups in total. The Labute approximate surface area is 196 Å². The van der Waals surface area contributed by atoms with Gasteiger partial charge in [-0.05, 0) is 36.4 Å². The summed E-state index contributed by atoms with van der Waals surface area (Å²) in [5, 5.41) is 5.16. The molecule has 2 aromatic carbocycles. The fourth-order valence-electron chi connectivity index (χ4n) is 4.09. The smallest absolute Gasteiger partial charge is 0.272 e.